The lowest BCUT2D eigenvalue weighted by molar-refractivity contribution is -0.185. The Morgan fingerprint density at radius 1 is 1.24 bits per heavy atom. The minimum absolute atomic E-state index is 0.0219. The Bertz CT molecular complexity index is 376. The molecule has 1 aliphatic carbocycles. The molecule has 1 rings (SSSR count). The van der Waals surface area contributed by atoms with Gasteiger partial charge in [0, 0.05) is 19.0 Å². The molecule has 1 amide bonds. The van der Waals surface area contributed by atoms with Gasteiger partial charge in [-0.25, -0.2) is 0 Å². The normalized spacial score (nSPS) is 24.4. The van der Waals surface area contributed by atoms with E-state index < -0.39 is 29.9 Å². The molecule has 0 aromatic carbocycles. The largest absolute Gasteiger partial charge is 0.481 e. The number of nitrogens with zero attached hydrogens (tertiary/aromatic N) is 1. The minimum atomic E-state index is -4.18. The van der Waals surface area contributed by atoms with Gasteiger partial charge < -0.3 is 10.0 Å². The molecule has 0 aromatic heterocycles. The molecule has 0 bridgehead atoms. The molecular weight excluding hydrogens is 287 g/mol. The van der Waals surface area contributed by atoms with Gasteiger partial charge in [0.25, 0.3) is 0 Å². The van der Waals surface area contributed by atoms with Crippen molar-refractivity contribution in [3.63, 3.8) is 0 Å². The van der Waals surface area contributed by atoms with E-state index in [0.29, 0.717) is 6.54 Å². The van der Waals surface area contributed by atoms with Crippen LogP contribution in [0, 0.1) is 17.8 Å². The van der Waals surface area contributed by atoms with E-state index in [2.05, 4.69) is 0 Å². The second kappa shape index (κ2) is 7.13. The number of carbonyl (C=O) groups is 2. The maximum absolute atomic E-state index is 12.6. The van der Waals surface area contributed by atoms with Crippen molar-refractivity contribution in [1.82, 2.24) is 4.90 Å². The third-order valence-corrected chi connectivity index (χ3v) is 4.15. The first kappa shape index (κ1) is 17.8. The van der Waals surface area contributed by atoms with Crippen molar-refractivity contribution < 1.29 is 27.9 Å². The molecule has 1 aliphatic rings. The number of aliphatic carboxylic acids is 1. The summed E-state index contributed by atoms with van der Waals surface area (Å²) in [5, 5.41) is 8.88. The van der Waals surface area contributed by atoms with Crippen molar-refractivity contribution in [3.05, 3.63) is 0 Å². The van der Waals surface area contributed by atoms with Crippen LogP contribution in [0.1, 0.15) is 39.5 Å². The molecule has 0 aromatic rings. The van der Waals surface area contributed by atoms with Gasteiger partial charge in [0.2, 0.25) is 5.91 Å². The highest BCUT2D eigenvalue weighted by atomic mass is 19.4. The molecule has 122 valence electrons. The summed E-state index contributed by atoms with van der Waals surface area (Å²) in [6, 6.07) is 0. The number of rotatable bonds is 5. The molecule has 1 N–H and O–H groups in total. The fourth-order valence-electron chi connectivity index (χ4n) is 2.71. The van der Waals surface area contributed by atoms with Crippen molar-refractivity contribution in [3.8, 4) is 0 Å². The van der Waals surface area contributed by atoms with E-state index in [1.165, 1.54) is 11.8 Å². The Hall–Kier alpha value is -1.27. The summed E-state index contributed by atoms with van der Waals surface area (Å²) in [5.41, 5.74) is 0. The zero-order chi connectivity index (χ0) is 16.2. The van der Waals surface area contributed by atoms with Crippen LogP contribution in [-0.2, 0) is 9.59 Å². The summed E-state index contributed by atoms with van der Waals surface area (Å²) in [6.07, 6.45) is -3.78. The molecular formula is C14H22F3NO3. The van der Waals surface area contributed by atoms with Gasteiger partial charge in [-0.2, -0.15) is 13.2 Å². The number of carboxylic acids is 1. The van der Waals surface area contributed by atoms with E-state index in [0.717, 1.165) is 0 Å². The Kier molecular flexibility index (Phi) is 6.04. The highest BCUT2D eigenvalue weighted by Crippen LogP contribution is 2.39. The molecule has 1 saturated carbocycles. The molecule has 0 saturated heterocycles. The summed E-state index contributed by atoms with van der Waals surface area (Å²) in [5.74, 6) is -3.60. The average Bonchev–Trinajstić information content (AvgIpc) is 2.42. The zero-order valence-corrected chi connectivity index (χ0v) is 12.3. The van der Waals surface area contributed by atoms with E-state index in [1.54, 1.807) is 6.92 Å². The number of carboxylic acid groups (broad SMARTS) is 1. The highest BCUT2D eigenvalue weighted by Gasteiger charge is 2.43. The van der Waals surface area contributed by atoms with Gasteiger partial charge in [-0.3, -0.25) is 9.59 Å². The summed E-state index contributed by atoms with van der Waals surface area (Å²) in [7, 11) is 0. The molecule has 1 atom stereocenters. The molecule has 1 unspecified atom stereocenters. The number of alkyl halides is 3. The van der Waals surface area contributed by atoms with Crippen molar-refractivity contribution in [2.75, 3.05) is 13.1 Å². The second-order valence-electron chi connectivity index (χ2n) is 5.71. The number of hydrogen-bond donors (Lipinski definition) is 1. The minimum Gasteiger partial charge on any atom is -0.481 e. The maximum Gasteiger partial charge on any atom is 0.391 e. The summed E-state index contributed by atoms with van der Waals surface area (Å²) >= 11 is 0. The van der Waals surface area contributed by atoms with Crippen LogP contribution in [0.3, 0.4) is 0 Å². The fourth-order valence-corrected chi connectivity index (χ4v) is 2.71. The van der Waals surface area contributed by atoms with Crippen molar-refractivity contribution in [2.24, 2.45) is 17.8 Å². The van der Waals surface area contributed by atoms with Gasteiger partial charge in [0.15, 0.2) is 0 Å². The lowest BCUT2D eigenvalue weighted by Gasteiger charge is -2.33. The Morgan fingerprint density at radius 2 is 1.76 bits per heavy atom. The van der Waals surface area contributed by atoms with Crippen LogP contribution >= 0.6 is 0 Å². The predicted molar refractivity (Wildman–Crippen MR) is 70.6 cm³/mol. The number of carbonyl (C=O) groups excluding carboxylic acids is 1. The standard InChI is InChI=1S/C14H22F3NO3/c1-3-18(8-9(2)13(20)21)12(19)10-4-6-11(7-5-10)14(15,16)17/h9-11H,3-8H2,1-2H3,(H,20,21). The first-order valence-electron chi connectivity index (χ1n) is 7.25. The van der Waals surface area contributed by atoms with Crippen LogP contribution < -0.4 is 0 Å². The van der Waals surface area contributed by atoms with E-state index in [1.807, 2.05) is 0 Å². The van der Waals surface area contributed by atoms with Crippen molar-refractivity contribution in [2.45, 2.75) is 45.7 Å². The molecule has 0 aliphatic heterocycles. The maximum atomic E-state index is 12.6. The average molecular weight is 309 g/mol. The van der Waals surface area contributed by atoms with E-state index >= 15 is 0 Å². The summed E-state index contributed by atoms with van der Waals surface area (Å²) < 4.78 is 37.8. The SMILES string of the molecule is CCN(CC(C)C(=O)O)C(=O)C1CCC(C(F)(F)F)CC1. The first-order chi connectivity index (χ1) is 9.66. The van der Waals surface area contributed by atoms with E-state index in [-0.39, 0.29) is 38.1 Å². The van der Waals surface area contributed by atoms with Crippen LogP contribution in [0.2, 0.25) is 0 Å². The molecule has 1 fully saturated rings. The van der Waals surface area contributed by atoms with Gasteiger partial charge >= 0.3 is 12.1 Å². The lowest BCUT2D eigenvalue weighted by atomic mass is 9.81. The van der Waals surface area contributed by atoms with Gasteiger partial charge in [0.05, 0.1) is 11.8 Å². The van der Waals surface area contributed by atoms with Gasteiger partial charge in [-0.05, 0) is 32.6 Å². The van der Waals surface area contributed by atoms with E-state index in [4.69, 9.17) is 5.11 Å². The summed E-state index contributed by atoms with van der Waals surface area (Å²) in [6.45, 7) is 3.73. The highest BCUT2D eigenvalue weighted by molar-refractivity contribution is 5.79. The quantitative estimate of drug-likeness (QED) is 0.849. The monoisotopic (exact) mass is 309 g/mol. The van der Waals surface area contributed by atoms with Gasteiger partial charge in [0.1, 0.15) is 0 Å². The Morgan fingerprint density at radius 3 is 2.14 bits per heavy atom. The molecule has 7 heteroatoms. The molecule has 0 heterocycles. The summed E-state index contributed by atoms with van der Waals surface area (Å²) in [4.78, 5) is 24.6. The molecule has 4 nitrogen and oxygen atoms in total. The lowest BCUT2D eigenvalue weighted by Crippen LogP contribution is -2.42. The first-order valence-corrected chi connectivity index (χ1v) is 7.25. The van der Waals surface area contributed by atoms with Crippen LogP contribution in [-0.4, -0.2) is 41.1 Å². The van der Waals surface area contributed by atoms with Crippen LogP contribution in [0.25, 0.3) is 0 Å². The van der Waals surface area contributed by atoms with Crippen molar-refractivity contribution >= 4 is 11.9 Å². The number of amides is 1. The third-order valence-electron chi connectivity index (χ3n) is 4.15. The zero-order valence-electron chi connectivity index (χ0n) is 12.3. The van der Waals surface area contributed by atoms with E-state index in [9.17, 15) is 22.8 Å². The van der Waals surface area contributed by atoms with Crippen molar-refractivity contribution in [1.29, 1.82) is 0 Å². The Labute approximate surface area is 122 Å². The molecule has 0 spiro atoms. The van der Waals surface area contributed by atoms with Gasteiger partial charge in [-0.15, -0.1) is 0 Å². The second-order valence-corrected chi connectivity index (χ2v) is 5.71. The van der Waals surface area contributed by atoms with Crippen LogP contribution in [0.15, 0.2) is 0 Å². The fraction of sp³-hybridized carbons (Fsp3) is 0.857. The van der Waals surface area contributed by atoms with Crippen LogP contribution in [0.4, 0.5) is 13.2 Å². The topological polar surface area (TPSA) is 57.6 Å². The van der Waals surface area contributed by atoms with Crippen LogP contribution in [0.5, 0.6) is 0 Å². The smallest absolute Gasteiger partial charge is 0.391 e. The molecule has 0 radical (unpaired) electrons. The predicted octanol–water partition coefficient (Wildman–Crippen LogP) is 2.92. The Balaban J connectivity index is 2.57. The number of halogens is 3. The third kappa shape index (κ3) is 4.89. The number of hydrogen-bond acceptors (Lipinski definition) is 2. The van der Waals surface area contributed by atoms with Gasteiger partial charge in [-0.1, -0.05) is 6.92 Å². The molecule has 21 heavy (non-hydrogen) atoms.